The van der Waals surface area contributed by atoms with Gasteiger partial charge >= 0.3 is 0 Å². The average Bonchev–Trinajstić information content (AvgIpc) is 2.90. The van der Waals surface area contributed by atoms with Crippen LogP contribution in [0.4, 0.5) is 20.3 Å². The van der Waals surface area contributed by atoms with Crippen LogP contribution in [0, 0.1) is 24.0 Å². The largest absolute Gasteiger partial charge is 0.489 e. The van der Waals surface area contributed by atoms with Gasteiger partial charge in [-0.1, -0.05) is 18.1 Å². The maximum atomic E-state index is 14.0. The average molecular weight is 501 g/mol. The van der Waals surface area contributed by atoms with Crippen LogP contribution < -0.4 is 14.8 Å². The van der Waals surface area contributed by atoms with E-state index >= 15 is 0 Å². The van der Waals surface area contributed by atoms with Gasteiger partial charge in [0.05, 0.1) is 22.0 Å². The molecule has 1 aliphatic heterocycles. The molecule has 188 valence electrons. The molecule has 1 aromatic heterocycles. The second kappa shape index (κ2) is 10.8. The van der Waals surface area contributed by atoms with E-state index in [0.29, 0.717) is 22.8 Å². The molecule has 0 saturated carbocycles. The van der Waals surface area contributed by atoms with Crippen LogP contribution in [0.3, 0.4) is 0 Å². The van der Waals surface area contributed by atoms with Crippen molar-refractivity contribution in [1.82, 2.24) is 14.9 Å². The van der Waals surface area contributed by atoms with Crippen LogP contribution in [0.1, 0.15) is 24.0 Å². The highest BCUT2D eigenvalue weighted by molar-refractivity contribution is 5.95. The number of piperidine rings is 1. The number of fused-ring (bicyclic) bond motifs is 1. The molecule has 1 fully saturated rings. The highest BCUT2D eigenvalue weighted by atomic mass is 19.1. The third kappa shape index (κ3) is 5.47. The lowest BCUT2D eigenvalue weighted by Gasteiger charge is -2.29. The highest BCUT2D eigenvalue weighted by Crippen LogP contribution is 2.34. The number of nitrogens with zero attached hydrogens (tertiary/aromatic N) is 3. The van der Waals surface area contributed by atoms with Crippen molar-refractivity contribution in [3.8, 4) is 23.8 Å². The molecule has 8 heteroatoms. The van der Waals surface area contributed by atoms with E-state index in [-0.39, 0.29) is 18.3 Å². The molecule has 1 aliphatic rings. The number of nitrogens with one attached hydrogen (secondary N) is 1. The molecule has 6 nitrogen and oxygen atoms in total. The van der Waals surface area contributed by atoms with Crippen LogP contribution in [-0.2, 0) is 6.61 Å². The Morgan fingerprint density at radius 2 is 1.78 bits per heavy atom. The zero-order valence-electron chi connectivity index (χ0n) is 20.4. The Balaban J connectivity index is 1.38. The number of rotatable bonds is 7. The van der Waals surface area contributed by atoms with Crippen molar-refractivity contribution >= 4 is 22.4 Å². The zero-order valence-corrected chi connectivity index (χ0v) is 20.4. The molecule has 2 heterocycles. The van der Waals surface area contributed by atoms with E-state index in [1.807, 2.05) is 18.2 Å². The molecule has 1 N–H and O–H groups in total. The van der Waals surface area contributed by atoms with Crippen molar-refractivity contribution in [1.29, 1.82) is 0 Å². The number of benzene rings is 3. The van der Waals surface area contributed by atoms with Crippen molar-refractivity contribution in [3.05, 3.63) is 83.7 Å². The van der Waals surface area contributed by atoms with E-state index in [0.717, 1.165) is 42.6 Å². The predicted molar refractivity (Wildman–Crippen MR) is 139 cm³/mol. The van der Waals surface area contributed by atoms with Gasteiger partial charge in [-0.05, 0) is 62.4 Å². The number of hydrogen-bond acceptors (Lipinski definition) is 6. The molecular weight excluding hydrogens is 474 g/mol. The number of halogens is 2. The molecule has 0 radical (unpaired) electrons. The summed E-state index contributed by atoms with van der Waals surface area (Å²) < 4.78 is 40.0. The Morgan fingerprint density at radius 1 is 1.03 bits per heavy atom. The Labute approximate surface area is 214 Å². The van der Waals surface area contributed by atoms with Crippen molar-refractivity contribution in [2.45, 2.75) is 25.6 Å². The standard InChI is InChI=1S/C29H26F2N4O2/c1-3-19-16-20(10-11-26(19)36-17-22-23(30)6-4-7-24(22)31)34-29-28-25(32-18-33-29)8-5-9-27(28)37-21-12-14-35(2)15-13-21/h1,4-11,16,18,21H,12-15,17H2,2H3,(H,32,33,34). The summed E-state index contributed by atoms with van der Waals surface area (Å²) in [7, 11) is 2.11. The van der Waals surface area contributed by atoms with Crippen LogP contribution in [-0.4, -0.2) is 41.1 Å². The van der Waals surface area contributed by atoms with E-state index < -0.39 is 11.6 Å². The molecule has 4 aromatic rings. The first-order valence-electron chi connectivity index (χ1n) is 12.0. The van der Waals surface area contributed by atoms with Crippen LogP contribution in [0.2, 0.25) is 0 Å². The summed E-state index contributed by atoms with van der Waals surface area (Å²) in [4.78, 5) is 11.2. The minimum absolute atomic E-state index is 0.124. The van der Waals surface area contributed by atoms with Gasteiger partial charge in [-0.15, -0.1) is 6.42 Å². The molecular formula is C29H26F2N4O2. The Bertz CT molecular complexity index is 1440. The lowest BCUT2D eigenvalue weighted by atomic mass is 10.1. The summed E-state index contributed by atoms with van der Waals surface area (Å²) in [6.07, 6.45) is 9.23. The lowest BCUT2D eigenvalue weighted by molar-refractivity contribution is 0.116. The smallest absolute Gasteiger partial charge is 0.145 e. The van der Waals surface area contributed by atoms with Gasteiger partial charge in [0.15, 0.2) is 0 Å². The number of hydrogen-bond donors (Lipinski definition) is 1. The Hall–Kier alpha value is -4.22. The summed E-state index contributed by atoms with van der Waals surface area (Å²) in [5, 5.41) is 4.09. The maximum Gasteiger partial charge on any atom is 0.145 e. The van der Waals surface area contributed by atoms with Crippen LogP contribution in [0.25, 0.3) is 10.9 Å². The summed E-state index contributed by atoms with van der Waals surface area (Å²) in [5.74, 6) is 2.88. The highest BCUT2D eigenvalue weighted by Gasteiger charge is 2.20. The Morgan fingerprint density at radius 3 is 2.54 bits per heavy atom. The van der Waals surface area contributed by atoms with Crippen LogP contribution in [0.15, 0.2) is 60.9 Å². The van der Waals surface area contributed by atoms with Gasteiger partial charge in [0.1, 0.15) is 48.0 Å². The molecule has 0 unspecified atom stereocenters. The normalized spacial score (nSPS) is 14.3. The monoisotopic (exact) mass is 500 g/mol. The molecule has 0 atom stereocenters. The van der Waals surface area contributed by atoms with Gasteiger partial charge in [-0.2, -0.15) is 0 Å². The molecule has 0 bridgehead atoms. The number of aromatic nitrogens is 2. The van der Waals surface area contributed by atoms with Crippen molar-refractivity contribution in [2.75, 3.05) is 25.5 Å². The van der Waals surface area contributed by atoms with E-state index in [4.69, 9.17) is 15.9 Å². The third-order valence-electron chi connectivity index (χ3n) is 6.42. The minimum atomic E-state index is -0.672. The van der Waals surface area contributed by atoms with Crippen LogP contribution in [0.5, 0.6) is 11.5 Å². The second-order valence-corrected chi connectivity index (χ2v) is 8.96. The van der Waals surface area contributed by atoms with Gasteiger partial charge in [-0.3, -0.25) is 0 Å². The fourth-order valence-corrected chi connectivity index (χ4v) is 4.36. The van der Waals surface area contributed by atoms with Gasteiger partial charge in [-0.25, -0.2) is 18.7 Å². The molecule has 0 aliphatic carbocycles. The van der Waals surface area contributed by atoms with Crippen molar-refractivity contribution < 1.29 is 18.3 Å². The molecule has 5 rings (SSSR count). The van der Waals surface area contributed by atoms with E-state index in [1.54, 1.807) is 18.2 Å². The Kier molecular flexibility index (Phi) is 7.15. The van der Waals surface area contributed by atoms with E-state index in [1.165, 1.54) is 24.5 Å². The molecule has 0 spiro atoms. The first-order valence-corrected chi connectivity index (χ1v) is 12.0. The fraction of sp³-hybridized carbons (Fsp3) is 0.241. The molecule has 3 aromatic carbocycles. The van der Waals surface area contributed by atoms with Gasteiger partial charge in [0.25, 0.3) is 0 Å². The van der Waals surface area contributed by atoms with Crippen molar-refractivity contribution in [3.63, 3.8) is 0 Å². The zero-order chi connectivity index (χ0) is 25.8. The molecule has 37 heavy (non-hydrogen) atoms. The number of anilines is 2. The first-order chi connectivity index (χ1) is 18.0. The topological polar surface area (TPSA) is 59.5 Å². The maximum absolute atomic E-state index is 14.0. The summed E-state index contributed by atoms with van der Waals surface area (Å²) in [6.45, 7) is 1.70. The van der Waals surface area contributed by atoms with Gasteiger partial charge < -0.3 is 19.7 Å². The van der Waals surface area contributed by atoms with Crippen molar-refractivity contribution in [2.24, 2.45) is 0 Å². The quantitative estimate of drug-likeness (QED) is 0.329. The number of ether oxygens (including phenoxy) is 2. The summed E-state index contributed by atoms with van der Waals surface area (Å²) >= 11 is 0. The summed E-state index contributed by atoms with van der Waals surface area (Å²) in [5.41, 5.74) is 1.71. The predicted octanol–water partition coefficient (Wildman–Crippen LogP) is 5.68. The molecule has 1 saturated heterocycles. The second-order valence-electron chi connectivity index (χ2n) is 8.96. The third-order valence-corrected chi connectivity index (χ3v) is 6.42. The lowest BCUT2D eigenvalue weighted by Crippen LogP contribution is -2.35. The number of likely N-dealkylation sites (tertiary alicyclic amines) is 1. The SMILES string of the molecule is C#Cc1cc(Nc2ncnc3cccc(OC4CCN(C)CC4)c23)ccc1OCc1c(F)cccc1F. The summed E-state index contributed by atoms with van der Waals surface area (Å²) in [6, 6.07) is 14.6. The van der Waals surface area contributed by atoms with E-state index in [2.05, 4.69) is 33.2 Å². The number of terminal acetylenes is 1. The van der Waals surface area contributed by atoms with Gasteiger partial charge in [0, 0.05) is 18.8 Å². The fourth-order valence-electron chi connectivity index (χ4n) is 4.36. The van der Waals surface area contributed by atoms with Gasteiger partial charge in [0.2, 0.25) is 0 Å². The van der Waals surface area contributed by atoms with E-state index in [9.17, 15) is 8.78 Å². The first kappa shape index (κ1) is 24.5. The van der Waals surface area contributed by atoms with Crippen LogP contribution >= 0.6 is 0 Å². The molecule has 0 amide bonds. The minimum Gasteiger partial charge on any atom is -0.489 e.